The third-order valence-corrected chi connectivity index (χ3v) is 8.85. The minimum absolute atomic E-state index is 0.0299. The van der Waals surface area contributed by atoms with E-state index in [9.17, 15) is 18.0 Å². The molecule has 1 atom stereocenters. The number of rotatable bonds is 11. The van der Waals surface area contributed by atoms with E-state index in [2.05, 4.69) is 5.32 Å². The van der Waals surface area contributed by atoms with Crippen LogP contribution < -0.4 is 9.62 Å². The Morgan fingerprint density at radius 2 is 1.54 bits per heavy atom. The summed E-state index contributed by atoms with van der Waals surface area (Å²) in [6.45, 7) is 5.09. The van der Waals surface area contributed by atoms with Crippen LogP contribution in [-0.4, -0.2) is 44.3 Å². The molecule has 3 rings (SSSR count). The second-order valence-electron chi connectivity index (χ2n) is 8.85. The molecular formula is C28H30Cl3N3O4S. The number of hydrogen-bond acceptors (Lipinski definition) is 4. The van der Waals surface area contributed by atoms with E-state index in [1.165, 1.54) is 29.2 Å². The Morgan fingerprint density at radius 1 is 0.923 bits per heavy atom. The number of hydrogen-bond donors (Lipinski definition) is 1. The van der Waals surface area contributed by atoms with Crippen LogP contribution in [0.25, 0.3) is 0 Å². The number of amides is 2. The first-order valence-corrected chi connectivity index (χ1v) is 14.9. The first kappa shape index (κ1) is 30.8. The van der Waals surface area contributed by atoms with Crippen molar-refractivity contribution in [1.29, 1.82) is 0 Å². The Morgan fingerprint density at radius 3 is 2.10 bits per heavy atom. The molecule has 0 saturated heterocycles. The maximum Gasteiger partial charge on any atom is 0.264 e. The van der Waals surface area contributed by atoms with Crippen LogP contribution in [0.4, 0.5) is 5.69 Å². The zero-order chi connectivity index (χ0) is 28.7. The number of benzene rings is 3. The third-order valence-electron chi connectivity index (χ3n) is 6.10. The molecule has 11 heteroatoms. The van der Waals surface area contributed by atoms with E-state index in [0.29, 0.717) is 32.9 Å². The van der Waals surface area contributed by atoms with Gasteiger partial charge in [0.15, 0.2) is 0 Å². The molecular weight excluding hydrogens is 581 g/mol. The van der Waals surface area contributed by atoms with E-state index in [-0.39, 0.29) is 23.8 Å². The van der Waals surface area contributed by atoms with E-state index in [0.717, 1.165) is 9.87 Å². The molecule has 0 bridgehead atoms. The Labute approximate surface area is 244 Å². The van der Waals surface area contributed by atoms with Crippen molar-refractivity contribution in [2.24, 2.45) is 0 Å². The van der Waals surface area contributed by atoms with Crippen LogP contribution in [0.5, 0.6) is 0 Å². The SMILES string of the molecule is CCNC(=O)[C@@H](CC)N(Cc1c(Cl)cccc1Cl)C(=O)CN(c1cccc(C)c1)S(=O)(=O)c1ccc(Cl)cc1. The third kappa shape index (κ3) is 7.45. The number of halogens is 3. The molecule has 0 aliphatic rings. The summed E-state index contributed by atoms with van der Waals surface area (Å²) < 4.78 is 28.7. The number of nitrogens with one attached hydrogen (secondary N) is 1. The lowest BCUT2D eigenvalue weighted by atomic mass is 10.1. The molecule has 0 aliphatic carbocycles. The number of carbonyl (C=O) groups excluding carboxylic acids is 2. The standard InChI is InChI=1S/C28H30Cl3N3O4S/c1-4-26(28(36)32-5-2)33(17-23-24(30)10-7-11-25(23)31)27(35)18-34(21-9-6-8-19(3)16-21)39(37,38)22-14-12-20(29)13-15-22/h6-16,26H,4-5,17-18H2,1-3H3,(H,32,36)/t26-/m1/s1. The maximum absolute atomic E-state index is 14.0. The Hall–Kier alpha value is -2.78. The van der Waals surface area contributed by atoms with Crippen molar-refractivity contribution in [2.45, 2.75) is 44.7 Å². The number of aryl methyl sites for hydroxylation is 1. The largest absolute Gasteiger partial charge is 0.355 e. The van der Waals surface area contributed by atoms with Gasteiger partial charge in [0.1, 0.15) is 12.6 Å². The average molecular weight is 611 g/mol. The average Bonchev–Trinajstić information content (AvgIpc) is 2.89. The summed E-state index contributed by atoms with van der Waals surface area (Å²) >= 11 is 18.8. The Balaban J connectivity index is 2.10. The van der Waals surface area contributed by atoms with Crippen molar-refractivity contribution < 1.29 is 18.0 Å². The van der Waals surface area contributed by atoms with E-state index in [4.69, 9.17) is 34.8 Å². The normalized spacial score (nSPS) is 12.1. The van der Waals surface area contributed by atoms with Crippen LogP contribution in [-0.2, 0) is 26.2 Å². The number of nitrogens with zero attached hydrogens (tertiary/aromatic N) is 2. The van der Waals surface area contributed by atoms with Crippen LogP contribution in [0.2, 0.25) is 15.1 Å². The van der Waals surface area contributed by atoms with E-state index in [1.807, 2.05) is 13.0 Å². The first-order valence-electron chi connectivity index (χ1n) is 12.3. The van der Waals surface area contributed by atoms with Crippen molar-refractivity contribution in [3.05, 3.63) is 92.9 Å². The van der Waals surface area contributed by atoms with E-state index < -0.39 is 28.5 Å². The molecule has 2 amide bonds. The highest BCUT2D eigenvalue weighted by Crippen LogP contribution is 2.29. The predicted molar refractivity (Wildman–Crippen MR) is 157 cm³/mol. The second kappa shape index (κ2) is 13.5. The first-order chi connectivity index (χ1) is 18.5. The van der Waals surface area contributed by atoms with Crippen molar-refractivity contribution >= 4 is 62.3 Å². The van der Waals surface area contributed by atoms with Gasteiger partial charge in [0.2, 0.25) is 11.8 Å². The van der Waals surface area contributed by atoms with Crippen LogP contribution in [0.3, 0.4) is 0 Å². The highest BCUT2D eigenvalue weighted by Gasteiger charge is 2.34. The quantitative estimate of drug-likeness (QED) is 0.285. The molecule has 0 saturated carbocycles. The summed E-state index contributed by atoms with van der Waals surface area (Å²) in [7, 11) is -4.19. The van der Waals surface area contributed by atoms with Crippen molar-refractivity contribution in [1.82, 2.24) is 10.2 Å². The summed E-state index contributed by atoms with van der Waals surface area (Å²) in [5, 5.41) is 3.79. The lowest BCUT2D eigenvalue weighted by Gasteiger charge is -2.33. The number of likely N-dealkylation sites (N-methyl/N-ethyl adjacent to an activating group) is 1. The molecule has 7 nitrogen and oxygen atoms in total. The molecule has 0 spiro atoms. The fraction of sp³-hybridized carbons (Fsp3) is 0.286. The van der Waals surface area contributed by atoms with Crippen LogP contribution >= 0.6 is 34.8 Å². The van der Waals surface area contributed by atoms with Gasteiger partial charge < -0.3 is 10.2 Å². The van der Waals surface area contributed by atoms with Gasteiger partial charge in [-0.2, -0.15) is 0 Å². The fourth-order valence-electron chi connectivity index (χ4n) is 4.11. The van der Waals surface area contributed by atoms with Crippen LogP contribution in [0.1, 0.15) is 31.4 Å². The monoisotopic (exact) mass is 609 g/mol. The second-order valence-corrected chi connectivity index (χ2v) is 12.0. The lowest BCUT2D eigenvalue weighted by molar-refractivity contribution is -0.140. The number of sulfonamides is 1. The molecule has 39 heavy (non-hydrogen) atoms. The molecule has 0 unspecified atom stereocenters. The van der Waals surface area contributed by atoms with Gasteiger partial charge in [-0.1, -0.05) is 59.9 Å². The predicted octanol–water partition coefficient (Wildman–Crippen LogP) is 6.09. The summed E-state index contributed by atoms with van der Waals surface area (Å²) in [6, 6.07) is 16.6. The van der Waals surface area contributed by atoms with E-state index >= 15 is 0 Å². The summed E-state index contributed by atoms with van der Waals surface area (Å²) in [6.07, 6.45) is 0.286. The number of carbonyl (C=O) groups is 2. The van der Waals surface area contributed by atoms with Gasteiger partial charge in [-0.05, 0) is 74.4 Å². The van der Waals surface area contributed by atoms with Crippen LogP contribution in [0, 0.1) is 6.92 Å². The molecule has 0 fully saturated rings. The van der Waals surface area contributed by atoms with Crippen molar-refractivity contribution in [2.75, 3.05) is 17.4 Å². The van der Waals surface area contributed by atoms with Gasteiger partial charge in [-0.15, -0.1) is 0 Å². The Bertz CT molecular complexity index is 1410. The molecule has 3 aromatic rings. The zero-order valence-electron chi connectivity index (χ0n) is 21.8. The lowest BCUT2D eigenvalue weighted by Crippen LogP contribution is -2.52. The van der Waals surface area contributed by atoms with E-state index in [1.54, 1.807) is 50.2 Å². The Kier molecular flexibility index (Phi) is 10.7. The summed E-state index contributed by atoms with van der Waals surface area (Å²) in [4.78, 5) is 28.3. The minimum atomic E-state index is -4.19. The fourth-order valence-corrected chi connectivity index (χ4v) is 6.16. The minimum Gasteiger partial charge on any atom is -0.355 e. The maximum atomic E-state index is 14.0. The van der Waals surface area contributed by atoms with Gasteiger partial charge in [-0.3, -0.25) is 13.9 Å². The summed E-state index contributed by atoms with van der Waals surface area (Å²) in [5.41, 5.74) is 1.57. The zero-order valence-corrected chi connectivity index (χ0v) is 24.9. The molecule has 0 heterocycles. The molecule has 0 aromatic heterocycles. The highest BCUT2D eigenvalue weighted by atomic mass is 35.5. The van der Waals surface area contributed by atoms with Crippen molar-refractivity contribution in [3.8, 4) is 0 Å². The molecule has 0 aliphatic heterocycles. The van der Waals surface area contributed by atoms with Gasteiger partial charge in [-0.25, -0.2) is 8.42 Å². The molecule has 0 radical (unpaired) electrons. The smallest absolute Gasteiger partial charge is 0.264 e. The van der Waals surface area contributed by atoms with Gasteiger partial charge in [0, 0.05) is 33.7 Å². The topological polar surface area (TPSA) is 86.8 Å². The molecule has 1 N–H and O–H groups in total. The van der Waals surface area contributed by atoms with Crippen LogP contribution in [0.15, 0.2) is 71.6 Å². The highest BCUT2D eigenvalue weighted by molar-refractivity contribution is 7.92. The number of anilines is 1. The summed E-state index contributed by atoms with van der Waals surface area (Å²) in [5.74, 6) is -0.956. The van der Waals surface area contributed by atoms with Gasteiger partial charge in [0.05, 0.1) is 10.6 Å². The van der Waals surface area contributed by atoms with Crippen molar-refractivity contribution in [3.63, 3.8) is 0 Å². The molecule has 208 valence electrons. The van der Waals surface area contributed by atoms with Gasteiger partial charge >= 0.3 is 0 Å². The molecule has 3 aromatic carbocycles. The van der Waals surface area contributed by atoms with Gasteiger partial charge in [0.25, 0.3) is 10.0 Å².